The highest BCUT2D eigenvalue weighted by atomic mass is 19.4. The summed E-state index contributed by atoms with van der Waals surface area (Å²) in [6.07, 6.45) is -3.35. The molecule has 0 atom stereocenters. The predicted octanol–water partition coefficient (Wildman–Crippen LogP) is 3.20. The number of benzene rings is 1. The third kappa shape index (κ3) is 5.08. The van der Waals surface area contributed by atoms with Crippen LogP contribution in [0.3, 0.4) is 0 Å². The smallest absolute Gasteiger partial charge is 0.416 e. The molecule has 1 aromatic carbocycles. The summed E-state index contributed by atoms with van der Waals surface area (Å²) in [6, 6.07) is 4.38. The van der Waals surface area contributed by atoms with Crippen LogP contribution < -0.4 is 0 Å². The van der Waals surface area contributed by atoms with Crippen molar-refractivity contribution in [2.75, 3.05) is 6.61 Å². The van der Waals surface area contributed by atoms with Gasteiger partial charge in [-0.25, -0.2) is 9.59 Å². The molecule has 27 heavy (non-hydrogen) atoms. The van der Waals surface area contributed by atoms with E-state index in [4.69, 9.17) is 9.84 Å². The summed E-state index contributed by atoms with van der Waals surface area (Å²) >= 11 is 0. The zero-order valence-corrected chi connectivity index (χ0v) is 14.2. The molecular formula is C18H17F3O6. The SMILES string of the molecule is C=C(CC(=O)OC1(c2ccc(C(F)(F)F)cc2)CCC1)C(=O)OCC(=O)O. The number of alkyl halides is 3. The van der Waals surface area contributed by atoms with E-state index in [9.17, 15) is 27.6 Å². The quantitative estimate of drug-likeness (QED) is 0.572. The van der Waals surface area contributed by atoms with Crippen molar-refractivity contribution in [1.82, 2.24) is 0 Å². The van der Waals surface area contributed by atoms with E-state index in [1.54, 1.807) is 0 Å². The van der Waals surface area contributed by atoms with Gasteiger partial charge in [-0.1, -0.05) is 18.7 Å². The Bertz CT molecular complexity index is 747. The molecule has 0 radical (unpaired) electrons. The molecule has 1 aromatic rings. The highest BCUT2D eigenvalue weighted by molar-refractivity contribution is 5.94. The molecule has 1 fully saturated rings. The van der Waals surface area contributed by atoms with Crippen LogP contribution in [0.4, 0.5) is 13.2 Å². The highest BCUT2D eigenvalue weighted by Gasteiger charge is 2.43. The van der Waals surface area contributed by atoms with Gasteiger partial charge in [-0.2, -0.15) is 13.2 Å². The molecule has 0 unspecified atom stereocenters. The van der Waals surface area contributed by atoms with Gasteiger partial charge in [0.05, 0.1) is 12.0 Å². The maximum absolute atomic E-state index is 12.7. The van der Waals surface area contributed by atoms with Crippen molar-refractivity contribution in [2.24, 2.45) is 0 Å². The van der Waals surface area contributed by atoms with Crippen LogP contribution in [0, 0.1) is 0 Å². The standard InChI is InChI=1S/C18H17F3O6/c1-11(16(25)26-10-14(22)23)9-15(24)27-17(7-2-8-17)12-3-5-13(6-4-12)18(19,20)21/h3-6H,1-2,7-10H2,(H,22,23). The highest BCUT2D eigenvalue weighted by Crippen LogP contribution is 2.45. The second-order valence-corrected chi connectivity index (χ2v) is 6.15. The number of hydrogen-bond donors (Lipinski definition) is 1. The molecule has 2 rings (SSSR count). The first-order valence-corrected chi connectivity index (χ1v) is 8.00. The van der Waals surface area contributed by atoms with Crippen molar-refractivity contribution in [3.63, 3.8) is 0 Å². The van der Waals surface area contributed by atoms with Crippen molar-refractivity contribution in [3.8, 4) is 0 Å². The molecule has 0 heterocycles. The van der Waals surface area contributed by atoms with Crippen LogP contribution in [0.15, 0.2) is 36.4 Å². The van der Waals surface area contributed by atoms with E-state index in [-0.39, 0.29) is 5.57 Å². The van der Waals surface area contributed by atoms with Gasteiger partial charge in [-0.3, -0.25) is 4.79 Å². The van der Waals surface area contributed by atoms with Gasteiger partial charge in [0, 0.05) is 5.57 Å². The number of carbonyl (C=O) groups excluding carboxylic acids is 2. The first-order valence-electron chi connectivity index (χ1n) is 8.00. The van der Waals surface area contributed by atoms with E-state index >= 15 is 0 Å². The van der Waals surface area contributed by atoms with E-state index in [1.807, 2.05) is 0 Å². The maximum atomic E-state index is 12.7. The van der Waals surface area contributed by atoms with Gasteiger partial charge in [0.1, 0.15) is 5.60 Å². The van der Waals surface area contributed by atoms with Crippen molar-refractivity contribution in [3.05, 3.63) is 47.5 Å². The van der Waals surface area contributed by atoms with Crippen LogP contribution >= 0.6 is 0 Å². The molecule has 146 valence electrons. The van der Waals surface area contributed by atoms with Crippen molar-refractivity contribution < 1.29 is 42.1 Å². The van der Waals surface area contributed by atoms with Gasteiger partial charge in [-0.05, 0) is 37.0 Å². The Kier molecular flexibility index (Phi) is 5.92. The van der Waals surface area contributed by atoms with Crippen LogP contribution in [0.1, 0.15) is 36.8 Å². The fourth-order valence-corrected chi connectivity index (χ4v) is 2.64. The number of halogens is 3. The van der Waals surface area contributed by atoms with E-state index in [1.165, 1.54) is 12.1 Å². The number of carboxylic acid groups (broad SMARTS) is 1. The molecule has 1 aliphatic carbocycles. The molecule has 0 aliphatic heterocycles. The number of aliphatic carboxylic acids is 1. The molecular weight excluding hydrogens is 369 g/mol. The van der Waals surface area contributed by atoms with Gasteiger partial charge in [-0.15, -0.1) is 0 Å². The van der Waals surface area contributed by atoms with Crippen LogP contribution in [-0.4, -0.2) is 29.6 Å². The Morgan fingerprint density at radius 2 is 1.74 bits per heavy atom. The number of carboxylic acids is 1. The second kappa shape index (κ2) is 7.81. The minimum Gasteiger partial charge on any atom is -0.479 e. The number of hydrogen-bond acceptors (Lipinski definition) is 5. The number of esters is 2. The van der Waals surface area contributed by atoms with Gasteiger partial charge < -0.3 is 14.6 Å². The van der Waals surface area contributed by atoms with Crippen LogP contribution in [0.2, 0.25) is 0 Å². The minimum atomic E-state index is -4.46. The third-order valence-electron chi connectivity index (χ3n) is 4.18. The van der Waals surface area contributed by atoms with Crippen LogP contribution in [0.25, 0.3) is 0 Å². The van der Waals surface area contributed by atoms with Crippen LogP contribution in [-0.2, 0) is 35.6 Å². The first-order chi connectivity index (χ1) is 12.5. The molecule has 1 aliphatic rings. The minimum absolute atomic E-state index is 0.275. The molecule has 0 amide bonds. The summed E-state index contributed by atoms with van der Waals surface area (Å²) in [6.45, 7) is 2.51. The lowest BCUT2D eigenvalue weighted by atomic mass is 9.74. The normalized spacial score (nSPS) is 15.4. The van der Waals surface area contributed by atoms with E-state index in [0.717, 1.165) is 18.6 Å². The second-order valence-electron chi connectivity index (χ2n) is 6.15. The summed E-state index contributed by atoms with van der Waals surface area (Å²) in [4.78, 5) is 34.0. The first kappa shape index (κ1) is 20.5. The average molecular weight is 386 g/mol. The molecule has 1 saturated carbocycles. The topological polar surface area (TPSA) is 89.9 Å². The Labute approximate surface area is 152 Å². The fourth-order valence-electron chi connectivity index (χ4n) is 2.64. The summed E-state index contributed by atoms with van der Waals surface area (Å²) in [5, 5.41) is 8.45. The van der Waals surface area contributed by atoms with Crippen molar-refractivity contribution in [1.29, 1.82) is 0 Å². The van der Waals surface area contributed by atoms with Gasteiger partial charge in [0.2, 0.25) is 0 Å². The zero-order valence-electron chi connectivity index (χ0n) is 14.2. The molecule has 0 spiro atoms. The average Bonchev–Trinajstić information content (AvgIpc) is 2.55. The molecule has 0 bridgehead atoms. The lowest BCUT2D eigenvalue weighted by Gasteiger charge is -2.41. The van der Waals surface area contributed by atoms with Crippen LogP contribution in [0.5, 0.6) is 0 Å². The lowest BCUT2D eigenvalue weighted by molar-refractivity contribution is -0.171. The van der Waals surface area contributed by atoms with Gasteiger partial charge in [0.25, 0.3) is 0 Å². The molecule has 9 heteroatoms. The fraction of sp³-hybridized carbons (Fsp3) is 0.389. The predicted molar refractivity (Wildman–Crippen MR) is 85.4 cm³/mol. The monoisotopic (exact) mass is 386 g/mol. The van der Waals surface area contributed by atoms with E-state index in [0.29, 0.717) is 18.4 Å². The van der Waals surface area contributed by atoms with Crippen molar-refractivity contribution >= 4 is 17.9 Å². The number of ether oxygens (including phenoxy) is 2. The van der Waals surface area contributed by atoms with Gasteiger partial charge in [0.15, 0.2) is 6.61 Å². The maximum Gasteiger partial charge on any atom is 0.416 e. The Balaban J connectivity index is 2.01. The summed E-state index contributed by atoms with van der Waals surface area (Å²) < 4.78 is 47.9. The third-order valence-corrected chi connectivity index (χ3v) is 4.18. The largest absolute Gasteiger partial charge is 0.479 e. The Hall–Kier alpha value is -2.84. The van der Waals surface area contributed by atoms with E-state index < -0.39 is 48.3 Å². The van der Waals surface area contributed by atoms with Gasteiger partial charge >= 0.3 is 24.1 Å². The van der Waals surface area contributed by atoms with Crippen molar-refractivity contribution in [2.45, 2.75) is 37.5 Å². The molecule has 6 nitrogen and oxygen atoms in total. The zero-order chi connectivity index (χ0) is 20.2. The van der Waals surface area contributed by atoms with E-state index in [2.05, 4.69) is 11.3 Å². The number of rotatable bonds is 7. The molecule has 0 aromatic heterocycles. The number of carbonyl (C=O) groups is 3. The molecule has 0 saturated heterocycles. The lowest BCUT2D eigenvalue weighted by Crippen LogP contribution is -2.39. The summed E-state index contributed by atoms with van der Waals surface area (Å²) in [7, 11) is 0. The Morgan fingerprint density at radius 3 is 2.19 bits per heavy atom. The summed E-state index contributed by atoms with van der Waals surface area (Å²) in [5.74, 6) is -3.19. The molecule has 1 N–H and O–H groups in total. The Morgan fingerprint density at radius 1 is 1.15 bits per heavy atom. The summed E-state index contributed by atoms with van der Waals surface area (Å²) in [5.41, 5.74) is -1.68.